The molecular weight excluding hydrogens is 1360 g/mol. The molecule has 25 nitrogen and oxygen atoms in total. The number of piperidine rings is 1. The van der Waals surface area contributed by atoms with Crippen LogP contribution >= 0.6 is 0 Å². The highest BCUT2D eigenvalue weighted by molar-refractivity contribution is 5.99. The number of likely N-dealkylation sites (N-methyl/N-ethyl adjacent to an activating group) is 2. The van der Waals surface area contributed by atoms with E-state index in [-0.39, 0.29) is 94.4 Å². The highest BCUT2D eigenvalue weighted by Crippen LogP contribution is 2.34. The van der Waals surface area contributed by atoms with E-state index < -0.39 is 137 Å². The van der Waals surface area contributed by atoms with Gasteiger partial charge in [0.1, 0.15) is 48.3 Å². The Morgan fingerprint density at radius 1 is 0.589 bits per heavy atom. The van der Waals surface area contributed by atoms with Gasteiger partial charge in [0, 0.05) is 62.7 Å². The number of nitrogens with one attached hydrogen (secondary N) is 8. The topological polar surface area (TPSA) is 349 Å². The molecule has 568 valence electrons. The zero-order valence-corrected chi connectivity index (χ0v) is 61.8. The van der Waals surface area contributed by atoms with Crippen LogP contribution in [-0.2, 0) is 78.4 Å². The number of hydrogen-bond acceptors (Lipinski definition) is 16. The molecular formula is C82H100N10O15. The third-order valence-corrected chi connectivity index (χ3v) is 21.2. The van der Waals surface area contributed by atoms with Crippen LogP contribution < -0.4 is 47.3 Å². The lowest BCUT2D eigenvalue weighted by Gasteiger charge is -2.36. The van der Waals surface area contributed by atoms with Gasteiger partial charge in [-0.05, 0) is 159 Å². The molecule has 0 aromatic heterocycles. The van der Waals surface area contributed by atoms with Gasteiger partial charge in [0.25, 0.3) is 5.91 Å². The van der Waals surface area contributed by atoms with Gasteiger partial charge in [-0.1, -0.05) is 136 Å². The van der Waals surface area contributed by atoms with E-state index in [1.807, 2.05) is 78.9 Å². The first kappa shape index (κ1) is 79.4. The number of likely N-dealkylation sites (tertiary alicyclic amines) is 2. The number of carbonyl (C=O) groups excluding carboxylic acids is 9. The molecule has 3 saturated heterocycles. The van der Waals surface area contributed by atoms with E-state index in [2.05, 4.69) is 42.5 Å². The zero-order valence-electron chi connectivity index (χ0n) is 61.8. The number of Topliss-reactive ketones (excluding diaryl/α,β-unsaturated/α-hetero) is 2. The molecule has 7 aliphatic heterocycles. The number of carboxylic acids is 2. The summed E-state index contributed by atoms with van der Waals surface area (Å²) >= 11 is 0. The first-order chi connectivity index (χ1) is 51.2. The number of nitrogens with zero attached hydrogens (tertiary/aromatic N) is 2. The molecule has 6 aromatic carbocycles. The van der Waals surface area contributed by atoms with Crippen LogP contribution in [0.25, 0.3) is 21.5 Å². The Morgan fingerprint density at radius 3 is 1.75 bits per heavy atom. The fraction of sp³-hybridized carbons (Fsp3) is 0.451. The van der Waals surface area contributed by atoms with Gasteiger partial charge in [-0.2, -0.15) is 0 Å². The number of ketones is 2. The number of ether oxygens (including phenoxy) is 2. The van der Waals surface area contributed by atoms with Crippen molar-refractivity contribution < 1.29 is 72.4 Å². The second kappa shape index (κ2) is 36.4. The van der Waals surface area contributed by atoms with Crippen molar-refractivity contribution in [3.63, 3.8) is 0 Å². The molecule has 0 radical (unpaired) electrons. The Labute approximate surface area is 623 Å². The number of rotatable bonds is 16. The molecule has 7 aliphatic rings. The number of benzene rings is 6. The second-order valence-corrected chi connectivity index (χ2v) is 29.8. The molecule has 13 rings (SSSR count). The Bertz CT molecular complexity index is 4250. The molecule has 6 aromatic rings. The number of aliphatic carboxylic acids is 2. The quantitative estimate of drug-likeness (QED) is 0.0541. The van der Waals surface area contributed by atoms with Gasteiger partial charge < -0.3 is 72.0 Å². The van der Waals surface area contributed by atoms with Crippen LogP contribution in [0.3, 0.4) is 0 Å². The lowest BCUT2D eigenvalue weighted by molar-refractivity contribution is -0.146. The fourth-order valence-electron chi connectivity index (χ4n) is 14.6. The zero-order chi connectivity index (χ0) is 76.6. The van der Waals surface area contributed by atoms with Crippen molar-refractivity contribution in [1.82, 2.24) is 52.3 Å². The lowest BCUT2D eigenvalue weighted by Crippen LogP contribution is -2.61. The number of hydrogen-bond donors (Lipinski definition) is 10. The summed E-state index contributed by atoms with van der Waals surface area (Å²) in [4.78, 5) is 162. The minimum absolute atomic E-state index is 0.0115. The Balaban J connectivity index is 0.975. The van der Waals surface area contributed by atoms with Crippen LogP contribution in [0.2, 0.25) is 0 Å². The van der Waals surface area contributed by atoms with Gasteiger partial charge in [0.2, 0.25) is 35.4 Å². The van der Waals surface area contributed by atoms with E-state index in [9.17, 15) is 39.0 Å². The smallest absolute Gasteiger partial charge is 0.326 e. The van der Waals surface area contributed by atoms with Crippen molar-refractivity contribution in [2.75, 3.05) is 53.5 Å². The molecule has 10 N–H and O–H groups in total. The molecule has 0 unspecified atom stereocenters. The summed E-state index contributed by atoms with van der Waals surface area (Å²) < 4.78 is 12.4. The monoisotopic (exact) mass is 1460 g/mol. The van der Waals surface area contributed by atoms with E-state index >= 15 is 24.0 Å². The Kier molecular flexibility index (Phi) is 27.0. The van der Waals surface area contributed by atoms with Crippen LogP contribution in [0.15, 0.2) is 146 Å². The molecule has 0 spiro atoms. The van der Waals surface area contributed by atoms with Gasteiger partial charge in [-0.3, -0.25) is 47.9 Å². The molecule has 0 aliphatic carbocycles. The summed E-state index contributed by atoms with van der Waals surface area (Å²) in [5, 5.41) is 48.7. The highest BCUT2D eigenvalue weighted by atomic mass is 16.5. The van der Waals surface area contributed by atoms with E-state index in [0.717, 1.165) is 21.5 Å². The van der Waals surface area contributed by atoms with Crippen molar-refractivity contribution in [1.29, 1.82) is 0 Å². The van der Waals surface area contributed by atoms with Gasteiger partial charge in [0.15, 0.2) is 5.78 Å². The SMILES string of the molecule is CN[C@@H](C)C(=O)C[C@H](C(=O)N1C[C@@H]2C[C@H]1C(=O)N[C@@H](Cc1ccc3ccccc3c1)C(=O)C[C@H](C(=O)O)Cc1ccc(cc1)C(=O)N[C@H]1C[C@@H](C(=O)N[C@@H](Cc3ccc4ccccc4c3)C(=O)N[C@H](C(=O)O)Cc3ccc(cc3)OC/C=C/CO2)N(C(=O)[C@@H](NC(=O)[C@H](C)NC)C(C)(C)C)C1)C1CCNCC1. The number of fused-ring (bicyclic) bond motifs is 2. The van der Waals surface area contributed by atoms with Crippen molar-refractivity contribution in [2.24, 2.45) is 23.2 Å². The summed E-state index contributed by atoms with van der Waals surface area (Å²) in [6.07, 6.45) is 2.78. The van der Waals surface area contributed by atoms with Crippen molar-refractivity contribution in [3.05, 3.63) is 173 Å². The minimum atomic E-state index is -1.50. The van der Waals surface area contributed by atoms with Crippen LogP contribution in [0.1, 0.15) is 106 Å². The fourth-order valence-corrected chi connectivity index (χ4v) is 14.6. The normalized spacial score (nSPS) is 23.5. The lowest BCUT2D eigenvalue weighted by atomic mass is 9.80. The third-order valence-electron chi connectivity index (χ3n) is 21.2. The maximum Gasteiger partial charge on any atom is 0.326 e. The third kappa shape index (κ3) is 20.9. The molecule has 25 heteroatoms. The average molecular weight is 1470 g/mol. The number of amides is 7. The summed E-state index contributed by atoms with van der Waals surface area (Å²) in [5.41, 5.74) is 1.47. The van der Waals surface area contributed by atoms with Crippen molar-refractivity contribution in [2.45, 2.75) is 159 Å². The van der Waals surface area contributed by atoms with Gasteiger partial charge in [-0.15, -0.1) is 0 Å². The van der Waals surface area contributed by atoms with E-state index in [1.54, 1.807) is 103 Å². The molecule has 8 bridgehead atoms. The second-order valence-electron chi connectivity index (χ2n) is 29.8. The summed E-state index contributed by atoms with van der Waals surface area (Å²) in [6, 6.07) is 29.0. The first-order valence-electron chi connectivity index (χ1n) is 37.0. The summed E-state index contributed by atoms with van der Waals surface area (Å²) in [5.74, 6) is -9.67. The van der Waals surface area contributed by atoms with Gasteiger partial charge >= 0.3 is 11.9 Å². The van der Waals surface area contributed by atoms with Crippen molar-refractivity contribution >= 4 is 86.4 Å². The largest absolute Gasteiger partial charge is 0.490 e. The summed E-state index contributed by atoms with van der Waals surface area (Å²) in [6.45, 7) is 9.77. The van der Waals surface area contributed by atoms with E-state index in [1.165, 1.54) is 21.9 Å². The van der Waals surface area contributed by atoms with E-state index in [4.69, 9.17) is 9.47 Å². The Hall–Kier alpha value is -10.2. The Morgan fingerprint density at radius 2 is 1.15 bits per heavy atom. The summed E-state index contributed by atoms with van der Waals surface area (Å²) in [7, 11) is 3.27. The molecule has 0 saturated carbocycles. The van der Waals surface area contributed by atoms with Crippen molar-refractivity contribution in [3.8, 4) is 5.75 Å². The van der Waals surface area contributed by atoms with Crippen LogP contribution in [-0.4, -0.2) is 199 Å². The van der Waals surface area contributed by atoms with E-state index in [0.29, 0.717) is 53.9 Å². The predicted molar refractivity (Wildman–Crippen MR) is 403 cm³/mol. The standard InChI is InChI=1S/C82H100N10O15/c1-48(83-6)70(93)45-64(56-30-32-85-33-31-56)78(100)92-47-63-44-69(92)77(99)87-65(40-52-20-24-54-14-8-10-16-58(54)37-52)71(94)42-60(80(102)103)36-50-18-26-57(27-19-50)74(96)86-61-43-68(91(46-61)79(101)72(82(3,4)5)90-73(95)49(2)84-7)76(98)88-66(41-53-21-25-55-15-9-11-17-59(55)38-53)75(97)89-67(81(104)105)39-51-22-28-62(29-23-51)106-34-12-13-35-107-63/h8-29,37-38,48-49,56,60-61,63-69,72,83-85H,30-36,39-47H2,1-7H3,(H,86,96)(H,87,99)(H,88,98)(H,89,97)(H,90,95)(H,102,103)(H,104,105)/b13-12+/t48-,49-,60+,61-,63-,64-,65-,66-,67-,68-,69-,72+/m0/s1. The highest BCUT2D eigenvalue weighted by Gasteiger charge is 2.48. The van der Waals surface area contributed by atoms with Gasteiger partial charge in [0.05, 0.1) is 36.8 Å². The first-order valence-corrected chi connectivity index (χ1v) is 37.0. The maximum absolute atomic E-state index is 15.3. The molecule has 107 heavy (non-hydrogen) atoms. The van der Waals surface area contributed by atoms with Crippen LogP contribution in [0, 0.1) is 23.2 Å². The molecule has 12 atom stereocenters. The molecule has 7 heterocycles. The predicted octanol–water partition coefficient (Wildman–Crippen LogP) is 5.42. The molecule has 3 fully saturated rings. The average Bonchev–Trinajstić information content (AvgIpc) is 1.69. The molecule has 7 amide bonds. The minimum Gasteiger partial charge on any atom is -0.490 e. The number of carbonyl (C=O) groups is 11. The maximum atomic E-state index is 15.3. The van der Waals surface area contributed by atoms with Gasteiger partial charge in [-0.25, -0.2) is 4.79 Å². The van der Waals surface area contributed by atoms with Crippen LogP contribution in [0.5, 0.6) is 5.75 Å². The van der Waals surface area contributed by atoms with Crippen LogP contribution in [0.4, 0.5) is 0 Å². The number of carboxylic acid groups (broad SMARTS) is 2.